The van der Waals surface area contributed by atoms with Crippen molar-refractivity contribution in [2.45, 2.75) is 0 Å². The summed E-state index contributed by atoms with van der Waals surface area (Å²) >= 11 is 20.1. The zero-order valence-electron chi connectivity index (χ0n) is 11.4. The number of carbonyl (C=O) groups is 2. The summed E-state index contributed by atoms with van der Waals surface area (Å²) in [6.07, 6.45) is 0. The lowest BCUT2D eigenvalue weighted by Gasteiger charge is -2.12. The Bertz CT molecular complexity index is 724. The van der Waals surface area contributed by atoms with E-state index < -0.39 is 11.8 Å². The van der Waals surface area contributed by atoms with Crippen molar-refractivity contribution < 1.29 is 9.59 Å². The Morgan fingerprint density at radius 2 is 0.833 bits per heavy atom. The van der Waals surface area contributed by atoms with E-state index in [1.165, 1.54) is 0 Å². The normalized spacial score (nSPS) is 10.4. The Labute approximate surface area is 188 Å². The second-order valence-electron chi connectivity index (χ2n) is 4.40. The summed E-state index contributed by atoms with van der Waals surface area (Å²) in [5.41, 5.74) is 0.930. The molecule has 0 atom stereocenters. The van der Waals surface area contributed by atoms with Crippen LogP contribution in [-0.2, 0) is 9.59 Å². The Balaban J connectivity index is 2.19. The number of amides is 2. The van der Waals surface area contributed by atoms with Crippen molar-refractivity contribution in [3.05, 3.63) is 51.1 Å². The summed E-state index contributed by atoms with van der Waals surface area (Å²) in [5, 5.41) is 5.14. The van der Waals surface area contributed by atoms with Crippen molar-refractivity contribution in [1.82, 2.24) is 0 Å². The third-order valence-corrected chi connectivity index (χ3v) is 6.11. The minimum absolute atomic E-state index is 0.465. The van der Waals surface area contributed by atoms with Crippen LogP contribution in [0.3, 0.4) is 0 Å². The third kappa shape index (κ3) is 5.14. The highest BCUT2D eigenvalue weighted by Crippen LogP contribution is 2.35. The summed E-state index contributed by atoms with van der Waals surface area (Å²) in [5.74, 6) is -1.58. The Hall–Kier alpha value is 0.260. The molecule has 2 aromatic carbocycles. The molecule has 2 rings (SSSR count). The summed E-state index contributed by atoms with van der Waals surface area (Å²) in [4.78, 5) is 24.4. The third-order valence-electron chi connectivity index (χ3n) is 2.70. The van der Waals surface area contributed by atoms with E-state index in [1.807, 2.05) is 0 Å². The second-order valence-corrected chi connectivity index (χ2v) is 9.65. The van der Waals surface area contributed by atoms with Crippen LogP contribution in [0.2, 0.25) is 0 Å². The molecule has 10 heteroatoms. The van der Waals surface area contributed by atoms with Gasteiger partial charge in [-0.15, -0.1) is 0 Å². The maximum absolute atomic E-state index is 12.2. The predicted molar refractivity (Wildman–Crippen MR) is 116 cm³/mol. The Kier molecular flexibility index (Phi) is 7.51. The monoisotopic (exact) mass is 708 g/mol. The molecule has 0 aliphatic rings. The van der Waals surface area contributed by atoms with E-state index in [0.29, 0.717) is 29.3 Å². The quantitative estimate of drug-likeness (QED) is 0.335. The molecule has 0 aromatic heterocycles. The van der Waals surface area contributed by atoms with Crippen molar-refractivity contribution >= 4 is 119 Å². The van der Waals surface area contributed by atoms with Gasteiger partial charge >= 0.3 is 11.8 Å². The number of hydrogen-bond donors (Lipinski definition) is 2. The van der Waals surface area contributed by atoms with Gasteiger partial charge in [-0.05, 0) is 88.0 Å². The molecule has 2 aromatic rings. The minimum atomic E-state index is -0.791. The molecule has 0 saturated heterocycles. The van der Waals surface area contributed by atoms with Gasteiger partial charge in [0.05, 0.1) is 11.4 Å². The topological polar surface area (TPSA) is 58.2 Å². The minimum Gasteiger partial charge on any atom is -0.316 e. The second kappa shape index (κ2) is 8.77. The van der Waals surface area contributed by atoms with E-state index >= 15 is 0 Å². The standard InChI is InChI=1S/C14H6Br6N2O2/c15-5-1-7(17)11(8(18)2-5)21-13(23)14(24)22-12-9(19)3-6(16)4-10(12)20/h1-4H,(H,21,23)(H,22,24). The number of carbonyl (C=O) groups excluding carboxylic acids is 2. The number of halogens is 6. The summed E-state index contributed by atoms with van der Waals surface area (Å²) in [6, 6.07) is 7.06. The van der Waals surface area contributed by atoms with Gasteiger partial charge in [-0.1, -0.05) is 31.9 Å². The molecule has 2 N–H and O–H groups in total. The molecule has 2 amide bonds. The van der Waals surface area contributed by atoms with Crippen molar-refractivity contribution in [1.29, 1.82) is 0 Å². The van der Waals surface area contributed by atoms with Crippen molar-refractivity contribution in [3.8, 4) is 0 Å². The molecule has 0 spiro atoms. The van der Waals surface area contributed by atoms with Gasteiger partial charge in [-0.2, -0.15) is 0 Å². The number of benzene rings is 2. The molecule has 0 heterocycles. The average Bonchev–Trinajstić information content (AvgIpc) is 2.46. The molecule has 0 radical (unpaired) electrons. The molecule has 4 nitrogen and oxygen atoms in total. The molecule has 0 aliphatic heterocycles. The van der Waals surface area contributed by atoms with E-state index in [1.54, 1.807) is 24.3 Å². The van der Waals surface area contributed by atoms with Crippen LogP contribution in [0.1, 0.15) is 0 Å². The molecular weight excluding hydrogens is 708 g/mol. The maximum atomic E-state index is 12.2. The smallest absolute Gasteiger partial charge is 0.314 e. The summed E-state index contributed by atoms with van der Waals surface area (Å²) in [6.45, 7) is 0. The lowest BCUT2D eigenvalue weighted by Crippen LogP contribution is -2.29. The van der Waals surface area contributed by atoms with Gasteiger partial charge in [0, 0.05) is 26.8 Å². The molecule has 0 unspecified atom stereocenters. The zero-order chi connectivity index (χ0) is 18.0. The van der Waals surface area contributed by atoms with Crippen molar-refractivity contribution in [2.24, 2.45) is 0 Å². The fraction of sp³-hybridized carbons (Fsp3) is 0. The first-order valence-electron chi connectivity index (χ1n) is 6.10. The van der Waals surface area contributed by atoms with E-state index in [-0.39, 0.29) is 0 Å². The lowest BCUT2D eigenvalue weighted by atomic mass is 10.3. The fourth-order valence-electron chi connectivity index (χ4n) is 1.66. The highest BCUT2D eigenvalue weighted by molar-refractivity contribution is 9.12. The summed E-state index contributed by atoms with van der Waals surface area (Å²) < 4.78 is 4.19. The van der Waals surface area contributed by atoms with Crippen molar-refractivity contribution in [2.75, 3.05) is 10.6 Å². The number of anilines is 2. The molecule has 24 heavy (non-hydrogen) atoms. The maximum Gasteiger partial charge on any atom is 0.314 e. The highest BCUT2D eigenvalue weighted by atomic mass is 79.9. The molecule has 0 fully saturated rings. The molecule has 0 saturated carbocycles. The van der Waals surface area contributed by atoms with Gasteiger partial charge in [0.2, 0.25) is 0 Å². The SMILES string of the molecule is O=C(Nc1c(Br)cc(Br)cc1Br)C(=O)Nc1c(Br)cc(Br)cc1Br. The van der Waals surface area contributed by atoms with Crippen LogP contribution in [-0.4, -0.2) is 11.8 Å². The van der Waals surface area contributed by atoms with E-state index in [0.717, 1.165) is 8.95 Å². The number of nitrogens with one attached hydrogen (secondary N) is 2. The van der Waals surface area contributed by atoms with E-state index in [9.17, 15) is 9.59 Å². The molecule has 126 valence electrons. The van der Waals surface area contributed by atoms with Gasteiger partial charge in [0.25, 0.3) is 0 Å². The van der Waals surface area contributed by atoms with Crippen LogP contribution >= 0.6 is 95.6 Å². The van der Waals surface area contributed by atoms with E-state index in [2.05, 4.69) is 106 Å². The lowest BCUT2D eigenvalue weighted by molar-refractivity contribution is -0.133. The first kappa shape index (κ1) is 20.6. The van der Waals surface area contributed by atoms with Crippen molar-refractivity contribution in [3.63, 3.8) is 0 Å². The van der Waals surface area contributed by atoms with Gasteiger partial charge in [0.15, 0.2) is 0 Å². The highest BCUT2D eigenvalue weighted by Gasteiger charge is 2.19. The first-order chi connectivity index (χ1) is 11.2. The van der Waals surface area contributed by atoms with Gasteiger partial charge in [-0.3, -0.25) is 9.59 Å². The Morgan fingerprint density at radius 3 is 1.08 bits per heavy atom. The number of rotatable bonds is 2. The Morgan fingerprint density at radius 1 is 0.583 bits per heavy atom. The largest absolute Gasteiger partial charge is 0.316 e. The van der Waals surface area contributed by atoms with Crippen LogP contribution in [0.15, 0.2) is 51.1 Å². The van der Waals surface area contributed by atoms with Gasteiger partial charge in [-0.25, -0.2) is 0 Å². The zero-order valence-corrected chi connectivity index (χ0v) is 20.9. The summed E-state index contributed by atoms with van der Waals surface area (Å²) in [7, 11) is 0. The van der Waals surface area contributed by atoms with E-state index in [4.69, 9.17) is 0 Å². The average molecular weight is 714 g/mol. The predicted octanol–water partition coefficient (Wildman–Crippen LogP) is 6.84. The molecule has 0 bridgehead atoms. The van der Waals surface area contributed by atoms with Crippen LogP contribution < -0.4 is 10.6 Å². The van der Waals surface area contributed by atoms with Gasteiger partial charge in [0.1, 0.15) is 0 Å². The molecule has 0 aliphatic carbocycles. The van der Waals surface area contributed by atoms with Crippen LogP contribution in [0.4, 0.5) is 11.4 Å². The van der Waals surface area contributed by atoms with Crippen LogP contribution in [0.25, 0.3) is 0 Å². The van der Waals surface area contributed by atoms with Crippen LogP contribution in [0.5, 0.6) is 0 Å². The number of hydrogen-bond acceptors (Lipinski definition) is 2. The fourth-order valence-corrected chi connectivity index (χ4v) is 6.58. The molecular formula is C14H6Br6N2O2. The van der Waals surface area contributed by atoms with Crippen LogP contribution in [0, 0.1) is 0 Å². The first-order valence-corrected chi connectivity index (χ1v) is 10.9. The van der Waals surface area contributed by atoms with Gasteiger partial charge < -0.3 is 10.6 Å².